The van der Waals surface area contributed by atoms with E-state index in [0.717, 1.165) is 5.69 Å². The maximum absolute atomic E-state index is 11.1. The summed E-state index contributed by atoms with van der Waals surface area (Å²) in [5.74, 6) is -0.369. The molecule has 0 amide bonds. The lowest BCUT2D eigenvalue weighted by Crippen LogP contribution is -2.23. The van der Waals surface area contributed by atoms with E-state index in [0.29, 0.717) is 12.1 Å². The van der Waals surface area contributed by atoms with E-state index in [1.165, 1.54) is 13.3 Å². The molecule has 1 atom stereocenters. The van der Waals surface area contributed by atoms with Crippen LogP contribution in [0, 0.1) is 0 Å². The van der Waals surface area contributed by atoms with Gasteiger partial charge in [-0.1, -0.05) is 6.08 Å². The van der Waals surface area contributed by atoms with E-state index < -0.39 is 0 Å². The van der Waals surface area contributed by atoms with E-state index in [1.54, 1.807) is 12.1 Å². The third-order valence-electron chi connectivity index (χ3n) is 2.20. The quantitative estimate of drug-likeness (QED) is 0.604. The molecule has 1 aromatic rings. The Hall–Kier alpha value is -1.68. The highest BCUT2D eigenvalue weighted by Crippen LogP contribution is 2.02. The summed E-state index contributed by atoms with van der Waals surface area (Å²) >= 11 is 0. The number of nitrogens with one attached hydrogen (secondary N) is 1. The van der Waals surface area contributed by atoms with Gasteiger partial charge >= 0.3 is 5.97 Å². The SMILES string of the molecule is C=CC(C)NCc1ccc(C(=O)OC)cn1. The zero-order valence-corrected chi connectivity index (χ0v) is 9.56. The lowest BCUT2D eigenvalue weighted by molar-refractivity contribution is 0.0600. The van der Waals surface area contributed by atoms with Gasteiger partial charge < -0.3 is 10.1 Å². The summed E-state index contributed by atoms with van der Waals surface area (Å²) in [6, 6.07) is 3.74. The van der Waals surface area contributed by atoms with Gasteiger partial charge in [-0.2, -0.15) is 0 Å². The zero-order valence-electron chi connectivity index (χ0n) is 9.56. The fourth-order valence-corrected chi connectivity index (χ4v) is 1.12. The van der Waals surface area contributed by atoms with Crippen LogP contribution in [0.15, 0.2) is 31.0 Å². The Morgan fingerprint density at radius 2 is 2.44 bits per heavy atom. The fraction of sp³-hybridized carbons (Fsp3) is 0.333. The minimum Gasteiger partial charge on any atom is -0.465 e. The number of nitrogens with zero attached hydrogens (tertiary/aromatic N) is 1. The predicted molar refractivity (Wildman–Crippen MR) is 62.1 cm³/mol. The molecule has 0 aliphatic heterocycles. The largest absolute Gasteiger partial charge is 0.465 e. The molecular formula is C12H16N2O2. The Bertz CT molecular complexity index is 360. The molecule has 4 heteroatoms. The Morgan fingerprint density at radius 3 is 2.94 bits per heavy atom. The lowest BCUT2D eigenvalue weighted by atomic mass is 10.2. The third kappa shape index (κ3) is 3.47. The summed E-state index contributed by atoms with van der Waals surface area (Å²) < 4.78 is 4.58. The molecule has 1 unspecified atom stereocenters. The van der Waals surface area contributed by atoms with E-state index >= 15 is 0 Å². The first-order valence-corrected chi connectivity index (χ1v) is 5.06. The Labute approximate surface area is 95.3 Å². The molecule has 0 aliphatic rings. The van der Waals surface area contributed by atoms with E-state index in [9.17, 15) is 4.79 Å². The van der Waals surface area contributed by atoms with Crippen LogP contribution in [-0.4, -0.2) is 24.1 Å². The van der Waals surface area contributed by atoms with Crippen molar-refractivity contribution in [1.82, 2.24) is 10.3 Å². The zero-order chi connectivity index (χ0) is 12.0. The molecule has 4 nitrogen and oxygen atoms in total. The molecule has 0 aliphatic carbocycles. The van der Waals surface area contributed by atoms with Crippen molar-refractivity contribution in [2.45, 2.75) is 19.5 Å². The van der Waals surface area contributed by atoms with E-state index in [-0.39, 0.29) is 12.0 Å². The molecule has 0 spiro atoms. The van der Waals surface area contributed by atoms with Crippen molar-refractivity contribution in [3.05, 3.63) is 42.2 Å². The van der Waals surface area contributed by atoms with Crippen molar-refractivity contribution in [1.29, 1.82) is 0 Å². The van der Waals surface area contributed by atoms with Gasteiger partial charge in [0.1, 0.15) is 0 Å². The molecule has 0 fully saturated rings. The topological polar surface area (TPSA) is 51.2 Å². The van der Waals surface area contributed by atoms with Crippen molar-refractivity contribution in [3.63, 3.8) is 0 Å². The van der Waals surface area contributed by atoms with Gasteiger partial charge in [0, 0.05) is 18.8 Å². The number of hydrogen-bond donors (Lipinski definition) is 1. The van der Waals surface area contributed by atoms with Gasteiger partial charge in [-0.05, 0) is 19.1 Å². The molecule has 1 N–H and O–H groups in total. The van der Waals surface area contributed by atoms with Crippen LogP contribution in [0.3, 0.4) is 0 Å². The first kappa shape index (κ1) is 12.4. The highest BCUT2D eigenvalue weighted by molar-refractivity contribution is 5.88. The number of carbonyl (C=O) groups excluding carboxylic acids is 1. The smallest absolute Gasteiger partial charge is 0.339 e. The maximum Gasteiger partial charge on any atom is 0.339 e. The average Bonchev–Trinajstić information content (AvgIpc) is 2.35. The molecule has 0 saturated carbocycles. The number of ether oxygens (including phenoxy) is 1. The number of aromatic nitrogens is 1. The summed E-state index contributed by atoms with van der Waals surface area (Å²) in [6.07, 6.45) is 3.34. The molecule has 0 saturated heterocycles. The van der Waals surface area contributed by atoms with Crippen LogP contribution in [0.5, 0.6) is 0 Å². The van der Waals surface area contributed by atoms with Gasteiger partial charge in [-0.3, -0.25) is 4.98 Å². The monoisotopic (exact) mass is 220 g/mol. The second-order valence-electron chi connectivity index (χ2n) is 3.44. The van der Waals surface area contributed by atoms with Crippen molar-refractivity contribution in [2.75, 3.05) is 7.11 Å². The molecule has 0 aromatic carbocycles. The van der Waals surface area contributed by atoms with Crippen molar-refractivity contribution in [2.24, 2.45) is 0 Å². The standard InChI is InChI=1S/C12H16N2O2/c1-4-9(2)13-8-11-6-5-10(7-14-11)12(15)16-3/h4-7,9,13H,1,8H2,2-3H3. The number of carbonyl (C=O) groups is 1. The molecule has 16 heavy (non-hydrogen) atoms. The Balaban J connectivity index is 2.58. The van der Waals surface area contributed by atoms with Crippen molar-refractivity contribution >= 4 is 5.97 Å². The first-order valence-electron chi connectivity index (χ1n) is 5.06. The molecule has 0 radical (unpaired) electrons. The summed E-state index contributed by atoms with van der Waals surface area (Å²) in [5.41, 5.74) is 1.34. The van der Waals surface area contributed by atoms with Crippen LogP contribution in [-0.2, 0) is 11.3 Å². The molecule has 1 rings (SSSR count). The van der Waals surface area contributed by atoms with Gasteiger partial charge in [-0.15, -0.1) is 6.58 Å². The number of rotatable bonds is 5. The van der Waals surface area contributed by atoms with E-state index in [2.05, 4.69) is 21.6 Å². The Morgan fingerprint density at radius 1 is 1.69 bits per heavy atom. The second kappa shape index (κ2) is 6.02. The van der Waals surface area contributed by atoms with E-state index in [4.69, 9.17) is 0 Å². The van der Waals surface area contributed by atoms with Crippen molar-refractivity contribution < 1.29 is 9.53 Å². The molecule has 1 heterocycles. The highest BCUT2D eigenvalue weighted by atomic mass is 16.5. The van der Waals surface area contributed by atoms with Crippen LogP contribution in [0.1, 0.15) is 23.0 Å². The average molecular weight is 220 g/mol. The van der Waals surface area contributed by atoms with Gasteiger partial charge in [0.2, 0.25) is 0 Å². The molecule has 0 bridgehead atoms. The minimum absolute atomic E-state index is 0.238. The first-order chi connectivity index (χ1) is 7.67. The van der Waals surface area contributed by atoms with Crippen LogP contribution >= 0.6 is 0 Å². The second-order valence-corrected chi connectivity index (χ2v) is 3.44. The summed E-state index contributed by atoms with van der Waals surface area (Å²) in [4.78, 5) is 15.3. The Kier molecular flexibility index (Phi) is 4.66. The van der Waals surface area contributed by atoms with Gasteiger partial charge in [-0.25, -0.2) is 4.79 Å². The lowest BCUT2D eigenvalue weighted by Gasteiger charge is -2.08. The van der Waals surface area contributed by atoms with Gasteiger partial charge in [0.15, 0.2) is 0 Å². The summed E-state index contributed by atoms with van der Waals surface area (Å²) in [5, 5.41) is 3.21. The highest BCUT2D eigenvalue weighted by Gasteiger charge is 2.05. The fourth-order valence-electron chi connectivity index (χ4n) is 1.12. The number of methoxy groups -OCH3 is 1. The summed E-state index contributed by atoms with van der Waals surface area (Å²) in [7, 11) is 1.35. The predicted octanol–water partition coefficient (Wildman–Crippen LogP) is 1.53. The maximum atomic E-state index is 11.1. The third-order valence-corrected chi connectivity index (χ3v) is 2.20. The van der Waals surface area contributed by atoms with Crippen LogP contribution in [0.25, 0.3) is 0 Å². The van der Waals surface area contributed by atoms with Gasteiger partial charge in [0.05, 0.1) is 18.4 Å². The molecular weight excluding hydrogens is 204 g/mol. The van der Waals surface area contributed by atoms with Crippen LogP contribution in [0.4, 0.5) is 0 Å². The van der Waals surface area contributed by atoms with E-state index in [1.807, 2.05) is 13.0 Å². The molecule has 86 valence electrons. The minimum atomic E-state index is -0.369. The van der Waals surface area contributed by atoms with Crippen LogP contribution < -0.4 is 5.32 Å². The number of esters is 1. The molecule has 1 aromatic heterocycles. The van der Waals surface area contributed by atoms with Crippen molar-refractivity contribution in [3.8, 4) is 0 Å². The normalized spacial score (nSPS) is 11.9. The number of hydrogen-bond acceptors (Lipinski definition) is 4. The van der Waals surface area contributed by atoms with Crippen LogP contribution in [0.2, 0.25) is 0 Å². The summed E-state index contributed by atoms with van der Waals surface area (Å²) in [6.45, 7) is 6.33. The van der Waals surface area contributed by atoms with Gasteiger partial charge in [0.25, 0.3) is 0 Å². The number of pyridine rings is 1.